The topological polar surface area (TPSA) is 63.4 Å². The smallest absolute Gasteiger partial charge is 0.270 e. The molecule has 2 aromatic carbocycles. The summed E-state index contributed by atoms with van der Waals surface area (Å²) in [6, 6.07) is 16.3. The summed E-state index contributed by atoms with van der Waals surface area (Å²) >= 11 is 1.61. The first-order chi connectivity index (χ1) is 16.2. The van der Waals surface area contributed by atoms with Crippen LogP contribution in [0.15, 0.2) is 88.1 Å². The zero-order chi connectivity index (χ0) is 23.5. The molecule has 0 bridgehead atoms. The van der Waals surface area contributed by atoms with Gasteiger partial charge in [0.05, 0.1) is 10.7 Å². The van der Waals surface area contributed by atoms with Gasteiger partial charge in [-0.25, -0.2) is 9.98 Å². The lowest BCUT2D eigenvalue weighted by atomic mass is 10.1. The largest absolute Gasteiger partial charge is 0.414 e. The molecule has 1 aliphatic rings. The van der Waals surface area contributed by atoms with Crippen molar-refractivity contribution in [3.05, 3.63) is 84.3 Å². The molecule has 0 saturated carbocycles. The molecule has 5 nitrogen and oxygen atoms in total. The van der Waals surface area contributed by atoms with Crippen molar-refractivity contribution in [2.75, 3.05) is 5.75 Å². The average Bonchev–Trinajstić information content (AvgIpc) is 3.01. The van der Waals surface area contributed by atoms with E-state index in [0.717, 1.165) is 12.2 Å². The Labute approximate surface area is 200 Å². The molecule has 33 heavy (non-hydrogen) atoms. The molecule has 6 heteroatoms. The highest BCUT2D eigenvalue weighted by Crippen LogP contribution is 2.34. The fraction of sp³-hybridized carbons (Fsp3) is 0.259. The van der Waals surface area contributed by atoms with Gasteiger partial charge in [-0.3, -0.25) is 9.79 Å². The number of nitrogens with zero attached hydrogens (tertiary/aromatic N) is 3. The molecule has 0 saturated heterocycles. The molecule has 2 aromatic rings. The quantitative estimate of drug-likeness (QED) is 0.154. The molecular weight excluding hydrogens is 430 g/mol. The fourth-order valence-corrected chi connectivity index (χ4v) is 4.14. The number of thioether (sulfide) groups is 1. The molecule has 0 amide bonds. The zero-order valence-corrected chi connectivity index (χ0v) is 19.8. The van der Waals surface area contributed by atoms with Crippen LogP contribution in [0.1, 0.15) is 54.9 Å². The van der Waals surface area contributed by atoms with E-state index in [4.69, 9.17) is 4.74 Å². The van der Waals surface area contributed by atoms with Crippen LogP contribution in [0.2, 0.25) is 0 Å². The molecule has 1 heterocycles. The number of ether oxygens (including phenoxy) is 1. The van der Waals surface area contributed by atoms with E-state index in [-0.39, 0.29) is 17.6 Å². The summed E-state index contributed by atoms with van der Waals surface area (Å²) in [5.41, 5.74) is 2.20. The number of para-hydroxylation sites is 1. The van der Waals surface area contributed by atoms with Crippen molar-refractivity contribution in [1.29, 1.82) is 0 Å². The molecule has 1 aliphatic heterocycles. The summed E-state index contributed by atoms with van der Waals surface area (Å²) in [5, 5.41) is 0.701. The molecule has 0 unspecified atom stereocenters. The number of benzene rings is 2. The van der Waals surface area contributed by atoms with Gasteiger partial charge in [-0.05, 0) is 31.0 Å². The van der Waals surface area contributed by atoms with E-state index in [0.29, 0.717) is 27.6 Å². The van der Waals surface area contributed by atoms with Crippen LogP contribution in [0, 0.1) is 0 Å². The van der Waals surface area contributed by atoms with Crippen molar-refractivity contribution in [1.82, 2.24) is 0 Å². The van der Waals surface area contributed by atoms with Gasteiger partial charge in [-0.15, -0.1) is 11.8 Å². The van der Waals surface area contributed by atoms with Crippen molar-refractivity contribution >= 4 is 46.6 Å². The van der Waals surface area contributed by atoms with E-state index >= 15 is 0 Å². The third-order valence-electron chi connectivity index (χ3n) is 5.05. The number of Topliss-reactive ketones (excluding diaryl/α,β-unsaturated/α-hetero) is 1. The van der Waals surface area contributed by atoms with Crippen LogP contribution in [0.5, 0.6) is 0 Å². The summed E-state index contributed by atoms with van der Waals surface area (Å²) < 4.78 is 6.00. The summed E-state index contributed by atoms with van der Waals surface area (Å²) in [5.74, 6) is 0.733. The Morgan fingerprint density at radius 3 is 2.52 bits per heavy atom. The molecule has 170 valence electrons. The van der Waals surface area contributed by atoms with E-state index in [1.54, 1.807) is 42.1 Å². The van der Waals surface area contributed by atoms with E-state index in [2.05, 4.69) is 35.2 Å². The van der Waals surface area contributed by atoms with E-state index < -0.39 is 0 Å². The molecule has 0 radical (unpaired) electrons. The first-order valence-electron chi connectivity index (χ1n) is 11.2. The van der Waals surface area contributed by atoms with Crippen molar-refractivity contribution in [2.24, 2.45) is 15.0 Å². The summed E-state index contributed by atoms with van der Waals surface area (Å²) in [6.07, 6.45) is 7.72. The summed E-state index contributed by atoms with van der Waals surface area (Å²) in [7, 11) is 0. The van der Waals surface area contributed by atoms with Crippen molar-refractivity contribution < 1.29 is 9.53 Å². The lowest BCUT2D eigenvalue weighted by molar-refractivity contribution is 0.104. The van der Waals surface area contributed by atoms with Crippen LogP contribution >= 0.6 is 11.8 Å². The van der Waals surface area contributed by atoms with Crippen molar-refractivity contribution in [3.63, 3.8) is 0 Å². The lowest BCUT2D eigenvalue weighted by Gasteiger charge is -2.10. The molecular formula is C27H29N3O2S. The first-order valence-corrected chi connectivity index (χ1v) is 12.2. The summed E-state index contributed by atoms with van der Waals surface area (Å²) in [6.45, 7) is 9.83. The molecule has 0 N–H and O–H groups in total. The Morgan fingerprint density at radius 1 is 1.06 bits per heavy atom. The van der Waals surface area contributed by atoms with Crippen LogP contribution in [0.3, 0.4) is 0 Å². The second kappa shape index (κ2) is 12.7. The number of hydrogen-bond donors (Lipinski definition) is 0. The first kappa shape index (κ1) is 24.4. The molecule has 0 fully saturated rings. The number of carbonyl (C=O) groups is 1. The number of ketones is 1. The number of carbonyl (C=O) groups excluding carboxylic acids is 1. The molecule has 0 atom stereocenters. The van der Waals surface area contributed by atoms with Crippen LogP contribution in [0.25, 0.3) is 5.70 Å². The molecule has 0 aromatic heterocycles. The molecule has 0 spiro atoms. The van der Waals surface area contributed by atoms with Gasteiger partial charge in [-0.1, -0.05) is 87.7 Å². The molecule has 3 rings (SSSR count). The van der Waals surface area contributed by atoms with Gasteiger partial charge < -0.3 is 4.74 Å². The monoisotopic (exact) mass is 459 g/mol. The second-order valence-corrected chi connectivity index (χ2v) is 8.58. The second-order valence-electron chi connectivity index (χ2n) is 7.46. The van der Waals surface area contributed by atoms with E-state index in [1.807, 2.05) is 30.3 Å². The standard InChI is InChI=1S/C27H29N3O2S/c1-4-6-7-8-14-19-33-23(5-2)30-26-24(28-3)21-17-12-13-18-22(21)29-27(32-26)25(31)20-15-10-9-11-16-20/h5,9-13,15-18H,2-4,6-8,14,19H2,1H3/b30-23+. The van der Waals surface area contributed by atoms with E-state index in [1.165, 1.54) is 25.7 Å². The average molecular weight is 460 g/mol. The maximum Gasteiger partial charge on any atom is 0.270 e. The van der Waals surface area contributed by atoms with Gasteiger partial charge in [0.2, 0.25) is 11.7 Å². The van der Waals surface area contributed by atoms with Gasteiger partial charge >= 0.3 is 0 Å². The van der Waals surface area contributed by atoms with Crippen molar-refractivity contribution in [2.45, 2.75) is 39.0 Å². The number of fused-ring (bicyclic) bond motifs is 1. The van der Waals surface area contributed by atoms with Crippen LogP contribution in [-0.2, 0) is 4.74 Å². The SMILES string of the molecule is C=C/C(=N\C1=C(N=C)c2ccccc2N=C(C(=O)c2ccccc2)O1)SCCCCCCC. The van der Waals surface area contributed by atoms with Gasteiger partial charge in [-0.2, -0.15) is 0 Å². The Morgan fingerprint density at radius 2 is 1.79 bits per heavy atom. The Kier molecular flexibility index (Phi) is 9.39. The van der Waals surface area contributed by atoms with E-state index in [9.17, 15) is 4.79 Å². The van der Waals surface area contributed by atoms with Crippen LogP contribution in [-0.4, -0.2) is 29.2 Å². The Bertz CT molecular complexity index is 1090. The van der Waals surface area contributed by atoms with Gasteiger partial charge in [0.1, 0.15) is 5.70 Å². The minimum atomic E-state index is -0.327. The van der Waals surface area contributed by atoms with Crippen molar-refractivity contribution in [3.8, 4) is 0 Å². The number of unbranched alkanes of at least 4 members (excludes halogenated alkanes) is 4. The lowest BCUT2D eigenvalue weighted by Crippen LogP contribution is -2.17. The predicted octanol–water partition coefficient (Wildman–Crippen LogP) is 7.24. The predicted molar refractivity (Wildman–Crippen MR) is 141 cm³/mol. The minimum Gasteiger partial charge on any atom is -0.414 e. The maximum absolute atomic E-state index is 13.2. The van der Waals surface area contributed by atoms with Gasteiger partial charge in [0.25, 0.3) is 5.90 Å². The van der Waals surface area contributed by atoms with Gasteiger partial charge in [0.15, 0.2) is 0 Å². The van der Waals surface area contributed by atoms with Crippen LogP contribution < -0.4 is 0 Å². The Balaban J connectivity index is 1.93. The zero-order valence-electron chi connectivity index (χ0n) is 19.0. The van der Waals surface area contributed by atoms with Crippen LogP contribution in [0.4, 0.5) is 5.69 Å². The number of hydrogen-bond acceptors (Lipinski definition) is 6. The highest BCUT2D eigenvalue weighted by molar-refractivity contribution is 8.14. The highest BCUT2D eigenvalue weighted by atomic mass is 32.2. The Hall–Kier alpha value is -3.25. The highest BCUT2D eigenvalue weighted by Gasteiger charge is 2.25. The maximum atomic E-state index is 13.2. The normalized spacial score (nSPS) is 13.5. The number of rotatable bonds is 11. The fourth-order valence-electron chi connectivity index (χ4n) is 3.32. The minimum absolute atomic E-state index is 0.0565. The van der Waals surface area contributed by atoms with Gasteiger partial charge in [0, 0.05) is 11.1 Å². The summed E-state index contributed by atoms with van der Waals surface area (Å²) in [4.78, 5) is 26.5. The number of aliphatic imine (C=N–C) groups is 3. The molecule has 0 aliphatic carbocycles. The third-order valence-corrected chi connectivity index (χ3v) is 6.10. The third kappa shape index (κ3) is 6.62.